The minimum atomic E-state index is -0.882. The molecule has 1 N–H and O–H groups in total. The lowest BCUT2D eigenvalue weighted by molar-refractivity contribution is -0.138. The molecule has 1 saturated heterocycles. The van der Waals surface area contributed by atoms with Gasteiger partial charge in [-0.3, -0.25) is 4.79 Å². The minimum absolute atomic E-state index is 0. The van der Waals surface area contributed by atoms with Crippen molar-refractivity contribution in [3.63, 3.8) is 0 Å². The predicted molar refractivity (Wildman–Crippen MR) is 84.1 cm³/mol. The van der Waals surface area contributed by atoms with Gasteiger partial charge >= 0.3 is 5.97 Å². The van der Waals surface area contributed by atoms with Gasteiger partial charge < -0.3 is 14.8 Å². The minimum Gasteiger partial charge on any atom is -0.481 e. The monoisotopic (exact) mass is 378 g/mol. The van der Waals surface area contributed by atoms with Crippen LogP contribution in [0.2, 0.25) is 0 Å². The summed E-state index contributed by atoms with van der Waals surface area (Å²) in [6, 6.07) is 0. The number of aliphatic carboxylic acids is 1. The van der Waals surface area contributed by atoms with E-state index in [1.54, 1.807) is 12.4 Å². The number of carboxylic acids is 1. The first-order valence-corrected chi connectivity index (χ1v) is 7.06. The van der Waals surface area contributed by atoms with E-state index in [4.69, 9.17) is 9.94 Å². The van der Waals surface area contributed by atoms with Crippen molar-refractivity contribution in [1.82, 2.24) is 9.97 Å². The van der Waals surface area contributed by atoms with Crippen molar-refractivity contribution >= 4 is 46.0 Å². The highest BCUT2D eigenvalue weighted by Gasteiger charge is 2.17. The molecule has 0 amide bonds. The van der Waals surface area contributed by atoms with Gasteiger partial charge in [-0.15, -0.1) is 12.4 Å². The van der Waals surface area contributed by atoms with Crippen LogP contribution in [0.5, 0.6) is 0 Å². The highest BCUT2D eigenvalue weighted by atomic mass is 79.9. The molecule has 1 aromatic rings. The van der Waals surface area contributed by atoms with E-state index in [-0.39, 0.29) is 25.4 Å². The van der Waals surface area contributed by atoms with Gasteiger partial charge in [0, 0.05) is 38.3 Å². The van der Waals surface area contributed by atoms with Crippen molar-refractivity contribution in [3.05, 3.63) is 16.9 Å². The molecule has 1 aliphatic heterocycles. The van der Waals surface area contributed by atoms with Gasteiger partial charge in [-0.25, -0.2) is 9.97 Å². The zero-order chi connectivity index (χ0) is 14.4. The van der Waals surface area contributed by atoms with Crippen LogP contribution in [0.1, 0.15) is 19.3 Å². The van der Waals surface area contributed by atoms with Crippen molar-refractivity contribution in [3.8, 4) is 0 Å². The number of rotatable bonds is 5. The van der Waals surface area contributed by atoms with Gasteiger partial charge in [-0.2, -0.15) is 0 Å². The average Bonchev–Trinajstić information content (AvgIpc) is 2.45. The Balaban J connectivity index is 0.00000220. The van der Waals surface area contributed by atoms with E-state index in [2.05, 4.69) is 36.0 Å². The van der Waals surface area contributed by atoms with Gasteiger partial charge in [0.15, 0.2) is 0 Å². The zero-order valence-corrected chi connectivity index (χ0v) is 13.6. The molecule has 0 aromatic carbocycles. The molecule has 2 heterocycles. The number of halogens is 2. The molecule has 1 fully saturated rings. The summed E-state index contributed by atoms with van der Waals surface area (Å²) in [4.78, 5) is 25.9. The van der Waals surface area contributed by atoms with Gasteiger partial charge in [0.1, 0.15) is 6.61 Å². The summed E-state index contributed by atoms with van der Waals surface area (Å²) in [5.74, 6) is -0.175. The fourth-order valence-electron chi connectivity index (χ4n) is 1.79. The topological polar surface area (TPSA) is 87.9 Å². The fraction of sp³-hybridized carbons (Fsp3) is 0.500. The molecule has 7 nitrogen and oxygen atoms in total. The second-order valence-electron chi connectivity index (χ2n) is 4.32. The van der Waals surface area contributed by atoms with Crippen molar-refractivity contribution in [2.75, 3.05) is 24.6 Å². The normalized spacial score (nSPS) is 14.3. The summed E-state index contributed by atoms with van der Waals surface area (Å²) in [5, 5.41) is 12.5. The summed E-state index contributed by atoms with van der Waals surface area (Å²) in [5.41, 5.74) is 0.948. The van der Waals surface area contributed by atoms with Crippen LogP contribution in [0.4, 0.5) is 5.95 Å². The molecule has 9 heteroatoms. The number of anilines is 1. The number of hydrogen-bond acceptors (Lipinski definition) is 6. The molecular weight excluding hydrogens is 364 g/mol. The molecule has 0 saturated carbocycles. The maximum Gasteiger partial charge on any atom is 0.306 e. The van der Waals surface area contributed by atoms with Crippen LogP contribution in [-0.2, 0) is 9.63 Å². The number of nitrogens with zero attached hydrogens (tertiary/aromatic N) is 4. The molecule has 0 radical (unpaired) electrons. The highest BCUT2D eigenvalue weighted by molar-refractivity contribution is 9.10. The first kappa shape index (κ1) is 17.6. The van der Waals surface area contributed by atoms with E-state index >= 15 is 0 Å². The van der Waals surface area contributed by atoms with Crippen molar-refractivity contribution in [2.45, 2.75) is 19.3 Å². The third-order valence-electron chi connectivity index (χ3n) is 2.83. The number of piperidine rings is 1. The second-order valence-corrected chi connectivity index (χ2v) is 5.24. The van der Waals surface area contributed by atoms with Crippen LogP contribution < -0.4 is 4.90 Å². The Bertz CT molecular complexity index is 488. The largest absolute Gasteiger partial charge is 0.481 e. The first-order valence-electron chi connectivity index (χ1n) is 6.27. The molecular formula is C12H16BrClN4O3. The summed E-state index contributed by atoms with van der Waals surface area (Å²) in [6.07, 6.45) is 4.95. The second kappa shape index (κ2) is 8.78. The number of carbonyl (C=O) groups is 1. The third-order valence-corrected chi connectivity index (χ3v) is 3.24. The molecule has 1 aliphatic rings. The van der Waals surface area contributed by atoms with Crippen LogP contribution >= 0.6 is 28.3 Å². The molecule has 0 bridgehead atoms. The molecule has 0 spiro atoms. The van der Waals surface area contributed by atoms with E-state index in [0.29, 0.717) is 5.95 Å². The summed E-state index contributed by atoms with van der Waals surface area (Å²) < 4.78 is 0.854. The van der Waals surface area contributed by atoms with Crippen molar-refractivity contribution < 1.29 is 14.7 Å². The van der Waals surface area contributed by atoms with Crippen LogP contribution in [0.15, 0.2) is 22.0 Å². The van der Waals surface area contributed by atoms with E-state index in [1.165, 1.54) is 0 Å². The fourth-order valence-corrected chi connectivity index (χ4v) is 2.00. The molecule has 2 rings (SSSR count). The number of oxime groups is 1. The Hall–Kier alpha value is -1.41. The zero-order valence-electron chi connectivity index (χ0n) is 11.2. The third kappa shape index (κ3) is 5.84. The maximum atomic E-state index is 10.3. The first-order chi connectivity index (χ1) is 9.65. The smallest absolute Gasteiger partial charge is 0.306 e. The van der Waals surface area contributed by atoms with Gasteiger partial charge in [0.2, 0.25) is 5.95 Å². The molecule has 116 valence electrons. The summed E-state index contributed by atoms with van der Waals surface area (Å²) in [6.45, 7) is 1.67. The standard InChI is InChI=1S/C12H15BrN4O3.ClH/c13-9-7-14-12(15-8-9)17-4-1-10(2-5-17)16-20-6-3-11(18)19;/h7-8H,1-6H2,(H,18,19);1H. The Labute approximate surface area is 136 Å². The van der Waals surface area contributed by atoms with E-state index in [0.717, 1.165) is 36.1 Å². The van der Waals surface area contributed by atoms with E-state index in [1.807, 2.05) is 0 Å². The van der Waals surface area contributed by atoms with Gasteiger partial charge in [-0.05, 0) is 15.9 Å². The lowest BCUT2D eigenvalue weighted by Gasteiger charge is -2.27. The molecule has 1 aromatic heterocycles. The molecule has 21 heavy (non-hydrogen) atoms. The number of carboxylic acid groups (broad SMARTS) is 1. The Morgan fingerprint density at radius 1 is 1.38 bits per heavy atom. The maximum absolute atomic E-state index is 10.3. The van der Waals surface area contributed by atoms with Crippen LogP contribution in [0.25, 0.3) is 0 Å². The Morgan fingerprint density at radius 2 is 2.00 bits per heavy atom. The quantitative estimate of drug-likeness (QED) is 0.623. The van der Waals surface area contributed by atoms with Crippen LogP contribution in [0, 0.1) is 0 Å². The van der Waals surface area contributed by atoms with Crippen molar-refractivity contribution in [2.24, 2.45) is 5.16 Å². The van der Waals surface area contributed by atoms with E-state index in [9.17, 15) is 4.79 Å². The Morgan fingerprint density at radius 3 is 2.57 bits per heavy atom. The predicted octanol–water partition coefficient (Wildman–Crippen LogP) is 2.11. The lowest BCUT2D eigenvalue weighted by Crippen LogP contribution is -2.35. The summed E-state index contributed by atoms with van der Waals surface area (Å²) >= 11 is 3.30. The number of hydrogen-bond donors (Lipinski definition) is 1. The van der Waals surface area contributed by atoms with Gasteiger partial charge in [0.05, 0.1) is 16.6 Å². The van der Waals surface area contributed by atoms with Crippen molar-refractivity contribution in [1.29, 1.82) is 0 Å². The number of aromatic nitrogens is 2. The van der Waals surface area contributed by atoms with Crippen LogP contribution in [-0.4, -0.2) is 46.5 Å². The van der Waals surface area contributed by atoms with E-state index < -0.39 is 5.97 Å². The molecule has 0 aliphatic carbocycles. The lowest BCUT2D eigenvalue weighted by atomic mass is 10.1. The molecule has 0 atom stereocenters. The van der Waals surface area contributed by atoms with Gasteiger partial charge in [-0.1, -0.05) is 5.16 Å². The Kier molecular flexibility index (Phi) is 7.38. The SMILES string of the molecule is Cl.O=C(O)CCON=C1CCN(c2ncc(Br)cn2)CC1. The highest BCUT2D eigenvalue weighted by Crippen LogP contribution is 2.15. The average molecular weight is 380 g/mol. The summed E-state index contributed by atoms with van der Waals surface area (Å²) in [7, 11) is 0. The molecule has 0 unspecified atom stereocenters. The van der Waals surface area contributed by atoms with Crippen LogP contribution in [0.3, 0.4) is 0 Å². The van der Waals surface area contributed by atoms with Gasteiger partial charge in [0.25, 0.3) is 0 Å².